The van der Waals surface area contributed by atoms with Crippen molar-refractivity contribution < 1.29 is 18.8 Å². The summed E-state index contributed by atoms with van der Waals surface area (Å²) in [5.41, 5.74) is 7.51. The lowest BCUT2D eigenvalue weighted by Crippen LogP contribution is -2.54. The SMILES string of the molecule is CNC(=O)[C@@]1(F)CCCN1C(=O)Cn1nc(C(N)=O)c2cc(-c3ccnnc3)ccc21. The molecule has 3 heterocycles. The standard InChI is InChI=1S/C20H20FN7O3/c1-23-19(31)20(21)6-2-8-27(20)16(29)11-28-15-4-3-12(13-5-7-24-25-10-13)9-14(15)17(26-28)18(22)30/h3-5,7,9-10H,2,6,8,11H2,1H3,(H2,22,30)(H,23,31)/t20-/m1/s1. The number of halogens is 1. The van der Waals surface area contributed by atoms with Gasteiger partial charge in [-0.15, -0.1) is 0 Å². The Morgan fingerprint density at radius 1 is 1.23 bits per heavy atom. The van der Waals surface area contributed by atoms with Crippen molar-refractivity contribution in [2.75, 3.05) is 13.6 Å². The maximum Gasteiger partial charge on any atom is 0.278 e. The van der Waals surface area contributed by atoms with Crippen LogP contribution in [0.2, 0.25) is 0 Å². The van der Waals surface area contributed by atoms with E-state index in [0.29, 0.717) is 17.3 Å². The number of nitrogens with one attached hydrogen (secondary N) is 1. The topological polar surface area (TPSA) is 136 Å². The van der Waals surface area contributed by atoms with Gasteiger partial charge < -0.3 is 16.0 Å². The zero-order chi connectivity index (χ0) is 22.2. The van der Waals surface area contributed by atoms with Gasteiger partial charge in [0.1, 0.15) is 6.54 Å². The quantitative estimate of drug-likeness (QED) is 0.576. The lowest BCUT2D eigenvalue weighted by molar-refractivity contribution is -0.156. The molecule has 160 valence electrons. The number of hydrogen-bond donors (Lipinski definition) is 2. The van der Waals surface area contributed by atoms with Crippen LogP contribution in [0.1, 0.15) is 23.3 Å². The number of alkyl halides is 1. The molecule has 1 fully saturated rings. The molecule has 31 heavy (non-hydrogen) atoms. The van der Waals surface area contributed by atoms with Gasteiger partial charge in [-0.2, -0.15) is 15.3 Å². The maximum absolute atomic E-state index is 15.2. The number of nitrogens with two attached hydrogens (primary N) is 1. The maximum atomic E-state index is 15.2. The number of fused-ring (bicyclic) bond motifs is 1. The van der Waals surface area contributed by atoms with Gasteiger partial charge in [-0.3, -0.25) is 19.1 Å². The third-order valence-electron chi connectivity index (χ3n) is 5.38. The second-order valence-corrected chi connectivity index (χ2v) is 7.22. The molecule has 4 rings (SSSR count). The van der Waals surface area contributed by atoms with Crippen molar-refractivity contribution in [2.45, 2.75) is 25.2 Å². The highest BCUT2D eigenvalue weighted by Crippen LogP contribution is 2.32. The van der Waals surface area contributed by atoms with Gasteiger partial charge in [0.2, 0.25) is 5.91 Å². The molecule has 3 N–H and O–H groups in total. The van der Waals surface area contributed by atoms with Crippen LogP contribution >= 0.6 is 0 Å². The van der Waals surface area contributed by atoms with Crippen molar-refractivity contribution in [3.63, 3.8) is 0 Å². The lowest BCUT2D eigenvalue weighted by Gasteiger charge is -2.29. The number of carbonyl (C=O) groups excluding carboxylic acids is 3. The fourth-order valence-corrected chi connectivity index (χ4v) is 3.87. The molecule has 0 spiro atoms. The highest BCUT2D eigenvalue weighted by atomic mass is 19.1. The lowest BCUT2D eigenvalue weighted by atomic mass is 10.0. The molecule has 3 amide bonds. The van der Waals surface area contributed by atoms with E-state index in [4.69, 9.17) is 5.73 Å². The largest absolute Gasteiger partial charge is 0.364 e. The minimum atomic E-state index is -2.40. The summed E-state index contributed by atoms with van der Waals surface area (Å²) in [5.74, 6) is -4.64. The van der Waals surface area contributed by atoms with Crippen LogP contribution in [-0.2, 0) is 16.1 Å². The summed E-state index contributed by atoms with van der Waals surface area (Å²) in [4.78, 5) is 37.8. The Morgan fingerprint density at radius 3 is 2.71 bits per heavy atom. The number of primary amides is 1. The summed E-state index contributed by atoms with van der Waals surface area (Å²) in [6.45, 7) is -0.230. The molecule has 11 heteroatoms. The fourth-order valence-electron chi connectivity index (χ4n) is 3.87. The molecular formula is C20H20FN7O3. The smallest absolute Gasteiger partial charge is 0.278 e. The first-order valence-corrected chi connectivity index (χ1v) is 9.64. The molecule has 1 aliphatic rings. The van der Waals surface area contributed by atoms with Gasteiger partial charge >= 0.3 is 0 Å². The Morgan fingerprint density at radius 2 is 2.03 bits per heavy atom. The first kappa shape index (κ1) is 20.4. The monoisotopic (exact) mass is 425 g/mol. The molecule has 1 aromatic carbocycles. The molecular weight excluding hydrogens is 405 g/mol. The number of carbonyl (C=O) groups is 3. The zero-order valence-corrected chi connectivity index (χ0v) is 16.7. The van der Waals surface area contributed by atoms with Crippen LogP contribution in [0, 0.1) is 0 Å². The number of benzene rings is 1. The molecule has 0 radical (unpaired) electrons. The summed E-state index contributed by atoms with van der Waals surface area (Å²) in [6, 6.07) is 6.97. The van der Waals surface area contributed by atoms with Gasteiger partial charge in [-0.05, 0) is 30.2 Å². The molecule has 1 saturated heterocycles. The van der Waals surface area contributed by atoms with Crippen LogP contribution in [0.25, 0.3) is 22.0 Å². The molecule has 2 aromatic heterocycles. The number of likely N-dealkylation sites (tertiary alicyclic amines) is 1. The van der Waals surface area contributed by atoms with E-state index in [1.807, 2.05) is 0 Å². The number of likely N-dealkylation sites (N-methyl/N-ethyl adjacent to an activating group) is 1. The molecule has 0 unspecified atom stereocenters. The average Bonchev–Trinajstić information content (AvgIpc) is 3.35. The zero-order valence-electron chi connectivity index (χ0n) is 16.7. The van der Waals surface area contributed by atoms with Crippen LogP contribution in [0.15, 0.2) is 36.7 Å². The summed E-state index contributed by atoms with van der Waals surface area (Å²) in [6.07, 6.45) is 3.41. The van der Waals surface area contributed by atoms with Crippen LogP contribution in [0.3, 0.4) is 0 Å². The summed E-state index contributed by atoms with van der Waals surface area (Å²) < 4.78 is 16.5. The molecule has 0 saturated carbocycles. The predicted octanol–water partition coefficient (Wildman–Crippen LogP) is 0.626. The Hall–Kier alpha value is -3.89. The first-order valence-electron chi connectivity index (χ1n) is 9.64. The van der Waals surface area contributed by atoms with Gasteiger partial charge in [0.15, 0.2) is 5.69 Å². The van der Waals surface area contributed by atoms with Gasteiger partial charge in [-0.25, -0.2) is 4.39 Å². The summed E-state index contributed by atoms with van der Waals surface area (Å²) in [5, 5.41) is 14.5. The van der Waals surface area contributed by atoms with Crippen molar-refractivity contribution >= 4 is 28.6 Å². The van der Waals surface area contributed by atoms with Crippen molar-refractivity contribution in [1.29, 1.82) is 0 Å². The minimum absolute atomic E-state index is 0.00843. The van der Waals surface area contributed by atoms with Crippen LogP contribution < -0.4 is 11.1 Å². The molecule has 3 aromatic rings. The average molecular weight is 425 g/mol. The van der Waals surface area contributed by atoms with E-state index in [9.17, 15) is 14.4 Å². The van der Waals surface area contributed by atoms with Crippen molar-refractivity contribution in [3.8, 4) is 11.1 Å². The minimum Gasteiger partial charge on any atom is -0.364 e. The van der Waals surface area contributed by atoms with Gasteiger partial charge in [-0.1, -0.05) is 6.07 Å². The molecule has 10 nitrogen and oxygen atoms in total. The number of aromatic nitrogens is 4. The van der Waals surface area contributed by atoms with Crippen LogP contribution in [-0.4, -0.2) is 62.0 Å². The van der Waals surface area contributed by atoms with Crippen molar-refractivity contribution in [3.05, 3.63) is 42.4 Å². The Labute approximate surface area is 176 Å². The second-order valence-electron chi connectivity index (χ2n) is 7.22. The number of hydrogen-bond acceptors (Lipinski definition) is 6. The van der Waals surface area contributed by atoms with Gasteiger partial charge in [0.25, 0.3) is 17.6 Å². The highest BCUT2D eigenvalue weighted by Gasteiger charge is 2.50. The van der Waals surface area contributed by atoms with E-state index >= 15 is 4.39 Å². The third kappa shape index (κ3) is 3.47. The Balaban J connectivity index is 1.70. The molecule has 0 bridgehead atoms. The predicted molar refractivity (Wildman–Crippen MR) is 108 cm³/mol. The van der Waals surface area contributed by atoms with E-state index in [1.54, 1.807) is 36.7 Å². The summed E-state index contributed by atoms with van der Waals surface area (Å²) in [7, 11) is 1.32. The molecule has 1 aliphatic heterocycles. The van der Waals surface area contributed by atoms with E-state index in [1.165, 1.54) is 11.7 Å². The normalized spacial score (nSPS) is 18.3. The van der Waals surface area contributed by atoms with E-state index in [0.717, 1.165) is 16.0 Å². The first-order chi connectivity index (χ1) is 14.8. The highest BCUT2D eigenvalue weighted by molar-refractivity contribution is 6.05. The van der Waals surface area contributed by atoms with Gasteiger partial charge in [0.05, 0.1) is 17.9 Å². The van der Waals surface area contributed by atoms with Crippen LogP contribution in [0.4, 0.5) is 4.39 Å². The summed E-state index contributed by atoms with van der Waals surface area (Å²) >= 11 is 0. The van der Waals surface area contributed by atoms with Crippen LogP contribution in [0.5, 0.6) is 0 Å². The van der Waals surface area contributed by atoms with Crippen molar-refractivity contribution in [1.82, 2.24) is 30.2 Å². The van der Waals surface area contributed by atoms with Gasteiger partial charge in [0, 0.05) is 31.0 Å². The second kappa shape index (κ2) is 7.74. The Kier molecular flexibility index (Phi) is 5.09. The van der Waals surface area contributed by atoms with E-state index in [-0.39, 0.29) is 25.2 Å². The number of rotatable bonds is 5. The fraction of sp³-hybridized carbons (Fsp3) is 0.300. The van der Waals surface area contributed by atoms with Crippen molar-refractivity contribution in [2.24, 2.45) is 5.73 Å². The number of amides is 3. The number of nitrogens with zero attached hydrogens (tertiary/aromatic N) is 5. The molecule has 1 atom stereocenters. The third-order valence-corrected chi connectivity index (χ3v) is 5.38. The van der Waals surface area contributed by atoms with E-state index in [2.05, 4.69) is 20.6 Å². The molecule has 0 aliphatic carbocycles. The van der Waals surface area contributed by atoms with E-state index < -0.39 is 23.5 Å². The Bertz CT molecular complexity index is 1180.